The molecule has 0 aromatic heterocycles. The predicted octanol–water partition coefficient (Wildman–Crippen LogP) is 4.91. The number of halogens is 1. The minimum absolute atomic E-state index is 0.0210. The molecule has 2 aromatic carbocycles. The molecule has 110 valence electrons. The van der Waals surface area contributed by atoms with Crippen molar-refractivity contribution in [1.29, 1.82) is 0 Å². The van der Waals surface area contributed by atoms with Crippen LogP contribution in [0.5, 0.6) is 0 Å². The smallest absolute Gasteiger partial charge is 0.237 e. The van der Waals surface area contributed by atoms with E-state index in [-0.39, 0.29) is 11.2 Å². The van der Waals surface area contributed by atoms with E-state index in [2.05, 4.69) is 5.32 Å². The first kappa shape index (κ1) is 15.9. The summed E-state index contributed by atoms with van der Waals surface area (Å²) in [5.41, 5.74) is 3.10. The van der Waals surface area contributed by atoms with Gasteiger partial charge in [-0.2, -0.15) is 0 Å². The molecule has 0 radical (unpaired) electrons. The second kappa shape index (κ2) is 7.53. The Hall–Kier alpha value is -1.45. The van der Waals surface area contributed by atoms with E-state index in [9.17, 15) is 4.79 Å². The van der Waals surface area contributed by atoms with E-state index in [4.69, 9.17) is 11.6 Å². The van der Waals surface area contributed by atoms with Gasteiger partial charge >= 0.3 is 0 Å². The van der Waals surface area contributed by atoms with Crippen LogP contribution in [0.4, 0.5) is 5.69 Å². The molecule has 0 aliphatic rings. The van der Waals surface area contributed by atoms with Gasteiger partial charge in [0.05, 0.1) is 5.25 Å². The second-order valence-electron chi connectivity index (χ2n) is 4.94. The van der Waals surface area contributed by atoms with Gasteiger partial charge in [0.1, 0.15) is 0 Å². The minimum Gasteiger partial charge on any atom is -0.325 e. The molecule has 21 heavy (non-hydrogen) atoms. The van der Waals surface area contributed by atoms with Crippen LogP contribution in [0, 0.1) is 6.92 Å². The summed E-state index contributed by atoms with van der Waals surface area (Å²) in [7, 11) is 0. The third kappa shape index (κ3) is 5.10. The first-order valence-electron chi connectivity index (χ1n) is 6.78. The van der Waals surface area contributed by atoms with Gasteiger partial charge in [-0.15, -0.1) is 11.8 Å². The number of thioether (sulfide) groups is 1. The van der Waals surface area contributed by atoms with E-state index >= 15 is 0 Å². The third-order valence-electron chi connectivity index (χ3n) is 3.04. The summed E-state index contributed by atoms with van der Waals surface area (Å²) < 4.78 is 0. The zero-order valence-corrected chi connectivity index (χ0v) is 13.7. The first-order chi connectivity index (χ1) is 10.0. The summed E-state index contributed by atoms with van der Waals surface area (Å²) in [6.07, 6.45) is 0. The monoisotopic (exact) mass is 319 g/mol. The number of carbonyl (C=O) groups excluding carboxylic acids is 1. The summed E-state index contributed by atoms with van der Waals surface area (Å²) in [6.45, 7) is 3.92. The molecule has 1 atom stereocenters. The summed E-state index contributed by atoms with van der Waals surface area (Å²) in [5.74, 6) is 0.788. The maximum absolute atomic E-state index is 12.2. The standard InChI is InChI=1S/C17H18ClNOS/c1-12-5-3-8-16(9-12)19-17(20)13(2)21-11-14-6-4-7-15(18)10-14/h3-10,13H,11H2,1-2H3,(H,19,20). The van der Waals surface area contributed by atoms with Crippen molar-refractivity contribution in [3.8, 4) is 0 Å². The van der Waals surface area contributed by atoms with Crippen LogP contribution in [-0.4, -0.2) is 11.2 Å². The zero-order valence-electron chi connectivity index (χ0n) is 12.1. The molecule has 0 heterocycles. The van der Waals surface area contributed by atoms with Crippen molar-refractivity contribution in [3.63, 3.8) is 0 Å². The molecule has 2 rings (SSSR count). The van der Waals surface area contributed by atoms with E-state index in [0.717, 1.165) is 27.6 Å². The maximum atomic E-state index is 12.2. The van der Waals surface area contributed by atoms with E-state index in [1.54, 1.807) is 11.8 Å². The van der Waals surface area contributed by atoms with Crippen LogP contribution in [0.15, 0.2) is 48.5 Å². The normalized spacial score (nSPS) is 12.0. The van der Waals surface area contributed by atoms with Crippen LogP contribution in [-0.2, 0) is 10.5 Å². The van der Waals surface area contributed by atoms with E-state index in [1.165, 1.54) is 0 Å². The van der Waals surface area contributed by atoms with Gasteiger partial charge in [-0.3, -0.25) is 4.79 Å². The number of carbonyl (C=O) groups is 1. The molecule has 1 unspecified atom stereocenters. The quantitative estimate of drug-likeness (QED) is 0.848. The molecule has 4 heteroatoms. The van der Waals surface area contributed by atoms with Crippen LogP contribution in [0.1, 0.15) is 18.1 Å². The van der Waals surface area contributed by atoms with Crippen LogP contribution in [0.3, 0.4) is 0 Å². The highest BCUT2D eigenvalue weighted by Gasteiger charge is 2.13. The highest BCUT2D eigenvalue weighted by atomic mass is 35.5. The van der Waals surface area contributed by atoms with Gasteiger partial charge in [-0.1, -0.05) is 35.9 Å². The average Bonchev–Trinajstić information content (AvgIpc) is 2.45. The SMILES string of the molecule is Cc1cccc(NC(=O)C(C)SCc2cccc(Cl)c2)c1. The molecule has 0 aliphatic heterocycles. The van der Waals surface area contributed by atoms with Crippen molar-refractivity contribution >= 4 is 35.0 Å². The van der Waals surface area contributed by atoms with Crippen molar-refractivity contribution in [1.82, 2.24) is 0 Å². The lowest BCUT2D eigenvalue weighted by Crippen LogP contribution is -2.22. The molecule has 0 saturated carbocycles. The van der Waals surface area contributed by atoms with Gasteiger partial charge in [0.15, 0.2) is 0 Å². The Kier molecular flexibility index (Phi) is 5.71. The number of aryl methyl sites for hydroxylation is 1. The van der Waals surface area contributed by atoms with Gasteiger partial charge in [0, 0.05) is 16.5 Å². The van der Waals surface area contributed by atoms with Crippen molar-refractivity contribution in [2.24, 2.45) is 0 Å². The fourth-order valence-electron chi connectivity index (χ4n) is 1.89. The van der Waals surface area contributed by atoms with Crippen LogP contribution < -0.4 is 5.32 Å². The van der Waals surface area contributed by atoms with Gasteiger partial charge in [-0.05, 0) is 49.2 Å². The van der Waals surface area contributed by atoms with E-state index in [1.807, 2.05) is 62.4 Å². The van der Waals surface area contributed by atoms with Crippen molar-refractivity contribution < 1.29 is 4.79 Å². The largest absolute Gasteiger partial charge is 0.325 e. The molecule has 0 aliphatic carbocycles. The van der Waals surface area contributed by atoms with Crippen LogP contribution >= 0.6 is 23.4 Å². The topological polar surface area (TPSA) is 29.1 Å². The molecular weight excluding hydrogens is 302 g/mol. The molecule has 2 nitrogen and oxygen atoms in total. The molecule has 2 aromatic rings. The van der Waals surface area contributed by atoms with Gasteiger partial charge in [0.2, 0.25) is 5.91 Å². The summed E-state index contributed by atoms with van der Waals surface area (Å²) in [4.78, 5) is 12.2. The summed E-state index contributed by atoms with van der Waals surface area (Å²) in [5, 5.41) is 3.55. The lowest BCUT2D eigenvalue weighted by Gasteiger charge is -2.12. The zero-order chi connectivity index (χ0) is 15.2. The Morgan fingerprint density at radius 3 is 2.71 bits per heavy atom. The lowest BCUT2D eigenvalue weighted by molar-refractivity contribution is -0.115. The van der Waals surface area contributed by atoms with Gasteiger partial charge in [0.25, 0.3) is 0 Å². The fraction of sp³-hybridized carbons (Fsp3) is 0.235. The molecular formula is C17H18ClNOS. The summed E-state index contributed by atoms with van der Waals surface area (Å²) >= 11 is 7.56. The Morgan fingerprint density at radius 1 is 1.24 bits per heavy atom. The Bertz CT molecular complexity index is 630. The number of rotatable bonds is 5. The van der Waals surface area contributed by atoms with Gasteiger partial charge in [-0.25, -0.2) is 0 Å². The van der Waals surface area contributed by atoms with Crippen molar-refractivity contribution in [2.75, 3.05) is 5.32 Å². The highest BCUT2D eigenvalue weighted by molar-refractivity contribution is 7.99. The minimum atomic E-state index is -0.121. The molecule has 0 fully saturated rings. The van der Waals surface area contributed by atoms with Crippen molar-refractivity contribution in [2.45, 2.75) is 24.9 Å². The third-order valence-corrected chi connectivity index (χ3v) is 4.49. The predicted molar refractivity (Wildman–Crippen MR) is 92.0 cm³/mol. The highest BCUT2D eigenvalue weighted by Crippen LogP contribution is 2.21. The first-order valence-corrected chi connectivity index (χ1v) is 8.21. The van der Waals surface area contributed by atoms with Crippen LogP contribution in [0.2, 0.25) is 5.02 Å². The van der Waals surface area contributed by atoms with Gasteiger partial charge < -0.3 is 5.32 Å². The Labute approximate surface area is 134 Å². The number of benzene rings is 2. The molecule has 0 saturated heterocycles. The number of hydrogen-bond donors (Lipinski definition) is 1. The fourth-order valence-corrected chi connectivity index (χ4v) is 2.94. The molecule has 1 amide bonds. The number of hydrogen-bond acceptors (Lipinski definition) is 2. The second-order valence-corrected chi connectivity index (χ2v) is 6.71. The molecule has 0 bridgehead atoms. The average molecular weight is 320 g/mol. The molecule has 0 spiro atoms. The summed E-state index contributed by atoms with van der Waals surface area (Å²) in [6, 6.07) is 15.5. The number of nitrogens with one attached hydrogen (secondary N) is 1. The van der Waals surface area contributed by atoms with Crippen LogP contribution in [0.25, 0.3) is 0 Å². The lowest BCUT2D eigenvalue weighted by atomic mass is 10.2. The Balaban J connectivity index is 1.88. The Morgan fingerprint density at radius 2 is 2.00 bits per heavy atom. The molecule has 1 N–H and O–H groups in total. The van der Waals surface area contributed by atoms with Crippen molar-refractivity contribution in [3.05, 3.63) is 64.7 Å². The number of anilines is 1. The van der Waals surface area contributed by atoms with E-state index in [0.29, 0.717) is 0 Å². The maximum Gasteiger partial charge on any atom is 0.237 e. The van der Waals surface area contributed by atoms with E-state index < -0.39 is 0 Å². The number of amides is 1.